The molecule has 1 N–H and O–H groups in total. The molecular formula is C12H19N3O. The Balaban J connectivity index is 1.78. The van der Waals surface area contributed by atoms with Crippen molar-refractivity contribution in [3.63, 3.8) is 0 Å². The summed E-state index contributed by atoms with van der Waals surface area (Å²) < 4.78 is 5.64. The Kier molecular flexibility index (Phi) is 4.10. The molecule has 1 heterocycles. The molecule has 4 heteroatoms. The predicted octanol–water partition coefficient (Wildman–Crippen LogP) is 1.91. The number of nitrogens with zero attached hydrogens (tertiary/aromatic N) is 2. The molecule has 1 saturated carbocycles. The van der Waals surface area contributed by atoms with Gasteiger partial charge in [0.25, 0.3) is 0 Å². The minimum absolute atomic E-state index is 0.373. The number of hydrogen-bond donors (Lipinski definition) is 1. The van der Waals surface area contributed by atoms with Crippen LogP contribution in [0.15, 0.2) is 12.4 Å². The Morgan fingerprint density at radius 3 is 2.81 bits per heavy atom. The van der Waals surface area contributed by atoms with Crippen LogP contribution >= 0.6 is 0 Å². The van der Waals surface area contributed by atoms with E-state index in [0.717, 1.165) is 38.0 Å². The van der Waals surface area contributed by atoms with Crippen LogP contribution in [0.25, 0.3) is 0 Å². The number of rotatable bonds is 6. The van der Waals surface area contributed by atoms with Crippen molar-refractivity contribution in [2.24, 2.45) is 0 Å². The quantitative estimate of drug-likeness (QED) is 0.745. The third-order valence-electron chi connectivity index (χ3n) is 2.75. The minimum atomic E-state index is 0.373. The first-order valence-corrected chi connectivity index (χ1v) is 6.07. The summed E-state index contributed by atoms with van der Waals surface area (Å²) in [5.74, 6) is 0.656. The Morgan fingerprint density at radius 1 is 1.38 bits per heavy atom. The van der Waals surface area contributed by atoms with Gasteiger partial charge in [0, 0.05) is 6.54 Å². The molecule has 0 spiro atoms. The van der Waals surface area contributed by atoms with E-state index in [1.807, 2.05) is 0 Å². The predicted molar refractivity (Wildman–Crippen MR) is 62.3 cm³/mol. The highest BCUT2D eigenvalue weighted by Gasteiger charge is 2.19. The van der Waals surface area contributed by atoms with Crippen LogP contribution in [0.4, 0.5) is 0 Å². The summed E-state index contributed by atoms with van der Waals surface area (Å²) in [6, 6.07) is 0. The molecule has 0 bridgehead atoms. The Morgan fingerprint density at radius 2 is 2.25 bits per heavy atom. The van der Waals surface area contributed by atoms with Crippen LogP contribution in [0.2, 0.25) is 0 Å². The number of hydrogen-bond acceptors (Lipinski definition) is 4. The van der Waals surface area contributed by atoms with Gasteiger partial charge in [-0.1, -0.05) is 6.92 Å². The minimum Gasteiger partial charge on any atom is -0.473 e. The average Bonchev–Trinajstić information content (AvgIpc) is 2.26. The Hall–Kier alpha value is -1.16. The molecule has 88 valence electrons. The lowest BCUT2D eigenvalue weighted by Gasteiger charge is -2.25. The van der Waals surface area contributed by atoms with Crippen molar-refractivity contribution in [1.82, 2.24) is 15.3 Å². The van der Waals surface area contributed by atoms with Gasteiger partial charge in [-0.2, -0.15) is 0 Å². The van der Waals surface area contributed by atoms with Crippen LogP contribution in [0.5, 0.6) is 5.88 Å². The fourth-order valence-electron chi connectivity index (χ4n) is 1.55. The van der Waals surface area contributed by atoms with Gasteiger partial charge in [-0.15, -0.1) is 0 Å². The fraction of sp³-hybridized carbons (Fsp3) is 0.667. The van der Waals surface area contributed by atoms with E-state index in [-0.39, 0.29) is 0 Å². The molecule has 0 aromatic carbocycles. The van der Waals surface area contributed by atoms with E-state index in [1.54, 1.807) is 12.4 Å². The summed E-state index contributed by atoms with van der Waals surface area (Å²) in [4.78, 5) is 8.57. The zero-order valence-corrected chi connectivity index (χ0v) is 9.78. The highest BCUT2D eigenvalue weighted by atomic mass is 16.5. The third kappa shape index (κ3) is 3.17. The van der Waals surface area contributed by atoms with Gasteiger partial charge in [0.05, 0.1) is 18.1 Å². The molecule has 16 heavy (non-hydrogen) atoms. The van der Waals surface area contributed by atoms with Crippen molar-refractivity contribution in [2.75, 3.05) is 6.54 Å². The van der Waals surface area contributed by atoms with Crippen LogP contribution in [0, 0.1) is 0 Å². The van der Waals surface area contributed by atoms with E-state index in [2.05, 4.69) is 22.2 Å². The summed E-state index contributed by atoms with van der Waals surface area (Å²) in [5, 5.41) is 3.29. The van der Waals surface area contributed by atoms with Gasteiger partial charge in [0.2, 0.25) is 5.88 Å². The molecule has 0 atom stereocenters. The van der Waals surface area contributed by atoms with Crippen LogP contribution < -0.4 is 10.1 Å². The van der Waals surface area contributed by atoms with E-state index < -0.39 is 0 Å². The zero-order valence-electron chi connectivity index (χ0n) is 9.78. The highest BCUT2D eigenvalue weighted by Crippen LogP contribution is 2.23. The molecule has 0 radical (unpaired) electrons. The normalized spacial score (nSPS) is 15.8. The number of ether oxygens (including phenoxy) is 1. The molecule has 1 aromatic heterocycles. The lowest BCUT2D eigenvalue weighted by atomic mass is 9.96. The first kappa shape index (κ1) is 11.3. The first-order valence-electron chi connectivity index (χ1n) is 6.07. The molecular weight excluding hydrogens is 202 g/mol. The van der Waals surface area contributed by atoms with E-state index in [4.69, 9.17) is 4.74 Å². The molecule has 0 saturated heterocycles. The smallest absolute Gasteiger partial charge is 0.232 e. The molecule has 1 fully saturated rings. The van der Waals surface area contributed by atoms with Gasteiger partial charge < -0.3 is 10.1 Å². The SMILES string of the molecule is CCCNCc1cnc(OC2CCC2)cn1. The summed E-state index contributed by atoms with van der Waals surface area (Å²) in [6.07, 6.45) is 8.60. The van der Waals surface area contributed by atoms with Crippen molar-refractivity contribution < 1.29 is 4.74 Å². The van der Waals surface area contributed by atoms with Gasteiger partial charge in [-0.3, -0.25) is 4.98 Å². The van der Waals surface area contributed by atoms with Crippen molar-refractivity contribution >= 4 is 0 Å². The average molecular weight is 221 g/mol. The molecule has 4 nitrogen and oxygen atoms in total. The molecule has 1 aromatic rings. The van der Waals surface area contributed by atoms with Crippen molar-refractivity contribution in [1.29, 1.82) is 0 Å². The van der Waals surface area contributed by atoms with Gasteiger partial charge in [0.1, 0.15) is 6.10 Å². The fourth-order valence-corrected chi connectivity index (χ4v) is 1.55. The molecule has 1 aliphatic carbocycles. The molecule has 2 rings (SSSR count). The maximum atomic E-state index is 5.64. The maximum Gasteiger partial charge on any atom is 0.232 e. The largest absolute Gasteiger partial charge is 0.473 e. The summed E-state index contributed by atoms with van der Waals surface area (Å²) in [6.45, 7) is 3.95. The van der Waals surface area contributed by atoms with Crippen molar-refractivity contribution in [2.45, 2.75) is 45.3 Å². The maximum absolute atomic E-state index is 5.64. The van der Waals surface area contributed by atoms with E-state index in [0.29, 0.717) is 12.0 Å². The van der Waals surface area contributed by atoms with Gasteiger partial charge in [0.15, 0.2) is 0 Å². The van der Waals surface area contributed by atoms with Crippen molar-refractivity contribution in [3.05, 3.63) is 18.1 Å². The highest BCUT2D eigenvalue weighted by molar-refractivity contribution is 5.08. The number of aromatic nitrogens is 2. The van der Waals surface area contributed by atoms with Gasteiger partial charge >= 0.3 is 0 Å². The topological polar surface area (TPSA) is 47.0 Å². The van der Waals surface area contributed by atoms with Crippen LogP contribution in [-0.4, -0.2) is 22.6 Å². The second kappa shape index (κ2) is 5.80. The van der Waals surface area contributed by atoms with Crippen LogP contribution in [-0.2, 0) is 6.54 Å². The monoisotopic (exact) mass is 221 g/mol. The van der Waals surface area contributed by atoms with Crippen LogP contribution in [0.3, 0.4) is 0 Å². The van der Waals surface area contributed by atoms with Crippen LogP contribution in [0.1, 0.15) is 38.3 Å². The number of nitrogens with one attached hydrogen (secondary N) is 1. The molecule has 0 unspecified atom stereocenters. The lowest BCUT2D eigenvalue weighted by molar-refractivity contribution is 0.114. The Bertz CT molecular complexity index is 309. The molecule has 1 aliphatic rings. The van der Waals surface area contributed by atoms with Gasteiger partial charge in [-0.05, 0) is 32.2 Å². The first-order chi connectivity index (χ1) is 7.88. The zero-order chi connectivity index (χ0) is 11.2. The van der Waals surface area contributed by atoms with Crippen molar-refractivity contribution in [3.8, 4) is 5.88 Å². The second-order valence-corrected chi connectivity index (χ2v) is 4.19. The Labute approximate surface area is 96.4 Å². The van der Waals surface area contributed by atoms with E-state index >= 15 is 0 Å². The lowest BCUT2D eigenvalue weighted by Crippen LogP contribution is -2.25. The second-order valence-electron chi connectivity index (χ2n) is 4.19. The third-order valence-corrected chi connectivity index (χ3v) is 2.75. The van der Waals surface area contributed by atoms with E-state index in [1.165, 1.54) is 6.42 Å². The van der Waals surface area contributed by atoms with Gasteiger partial charge in [-0.25, -0.2) is 4.98 Å². The summed E-state index contributed by atoms with van der Waals surface area (Å²) >= 11 is 0. The molecule has 0 amide bonds. The molecule has 0 aliphatic heterocycles. The summed E-state index contributed by atoms with van der Waals surface area (Å²) in [5.41, 5.74) is 0.967. The van der Waals surface area contributed by atoms with E-state index in [9.17, 15) is 0 Å². The summed E-state index contributed by atoms with van der Waals surface area (Å²) in [7, 11) is 0. The standard InChI is InChI=1S/C12H19N3O/c1-2-6-13-7-10-8-15-12(9-14-10)16-11-4-3-5-11/h8-9,11,13H,2-7H2,1H3.